The van der Waals surface area contributed by atoms with Crippen molar-refractivity contribution < 1.29 is 18.7 Å². The van der Waals surface area contributed by atoms with Gasteiger partial charge < -0.3 is 14.5 Å². The van der Waals surface area contributed by atoms with Gasteiger partial charge in [-0.15, -0.1) is 0 Å². The number of carbonyl (C=O) groups excluding carboxylic acids is 2. The zero-order valence-corrected chi connectivity index (χ0v) is 16.9. The van der Waals surface area contributed by atoms with E-state index in [0.717, 1.165) is 6.07 Å². The number of amides is 2. The highest BCUT2D eigenvalue weighted by atomic mass is 35.5. The van der Waals surface area contributed by atoms with E-state index in [2.05, 4.69) is 0 Å². The number of hydrogen-bond donors (Lipinski definition) is 0. The van der Waals surface area contributed by atoms with Gasteiger partial charge in [0, 0.05) is 37.3 Å². The van der Waals surface area contributed by atoms with E-state index in [1.807, 2.05) is 0 Å². The summed E-state index contributed by atoms with van der Waals surface area (Å²) in [5.74, 6) is -0.680. The second kappa shape index (κ2) is 8.99. The SMILES string of the molecule is O=C(COc1cc(Cl)ccc1Cl)N1CCN(C(=O)c2ccc(F)cc2Cl)CC1. The summed E-state index contributed by atoms with van der Waals surface area (Å²) in [5.41, 5.74) is 0.238. The average Bonchev–Trinajstić information content (AvgIpc) is 2.68. The zero-order valence-electron chi connectivity index (χ0n) is 14.6. The van der Waals surface area contributed by atoms with Crippen LogP contribution in [0.15, 0.2) is 36.4 Å². The van der Waals surface area contributed by atoms with E-state index < -0.39 is 5.82 Å². The lowest BCUT2D eigenvalue weighted by Crippen LogP contribution is -2.51. The van der Waals surface area contributed by atoms with Crippen LogP contribution in [0.5, 0.6) is 5.75 Å². The van der Waals surface area contributed by atoms with Gasteiger partial charge in [-0.2, -0.15) is 0 Å². The fraction of sp³-hybridized carbons (Fsp3) is 0.263. The molecule has 1 saturated heterocycles. The molecule has 2 aromatic rings. The molecular weight excluding hydrogens is 430 g/mol. The van der Waals surface area contributed by atoms with Crippen LogP contribution in [0, 0.1) is 5.82 Å². The Balaban J connectivity index is 1.53. The van der Waals surface area contributed by atoms with E-state index in [1.54, 1.807) is 28.0 Å². The van der Waals surface area contributed by atoms with Gasteiger partial charge in [0.2, 0.25) is 0 Å². The molecule has 1 aliphatic heterocycles. The largest absolute Gasteiger partial charge is 0.482 e. The fourth-order valence-electron chi connectivity index (χ4n) is 2.81. The van der Waals surface area contributed by atoms with Crippen molar-refractivity contribution in [1.29, 1.82) is 0 Å². The summed E-state index contributed by atoms with van der Waals surface area (Å²) in [6.45, 7) is 1.22. The van der Waals surface area contributed by atoms with Gasteiger partial charge in [0.15, 0.2) is 6.61 Å². The van der Waals surface area contributed by atoms with E-state index in [-0.39, 0.29) is 29.0 Å². The summed E-state index contributed by atoms with van der Waals surface area (Å²) in [4.78, 5) is 28.1. The Morgan fingerprint density at radius 2 is 1.61 bits per heavy atom. The predicted molar refractivity (Wildman–Crippen MR) is 106 cm³/mol. The smallest absolute Gasteiger partial charge is 0.260 e. The molecule has 0 aromatic heterocycles. The summed E-state index contributed by atoms with van der Waals surface area (Å²) in [6.07, 6.45) is 0. The lowest BCUT2D eigenvalue weighted by atomic mass is 10.1. The maximum absolute atomic E-state index is 13.2. The monoisotopic (exact) mass is 444 g/mol. The Bertz CT molecular complexity index is 902. The molecule has 0 aliphatic carbocycles. The minimum absolute atomic E-state index is 0.0651. The number of nitrogens with zero attached hydrogens (tertiary/aromatic N) is 2. The van der Waals surface area contributed by atoms with E-state index in [1.165, 1.54) is 12.1 Å². The van der Waals surface area contributed by atoms with Crippen molar-refractivity contribution >= 4 is 46.6 Å². The van der Waals surface area contributed by atoms with Crippen molar-refractivity contribution in [3.05, 3.63) is 62.8 Å². The lowest BCUT2D eigenvalue weighted by molar-refractivity contribution is -0.134. The van der Waals surface area contributed by atoms with E-state index in [9.17, 15) is 14.0 Å². The topological polar surface area (TPSA) is 49.9 Å². The maximum atomic E-state index is 13.2. The summed E-state index contributed by atoms with van der Waals surface area (Å²) in [6, 6.07) is 8.42. The van der Waals surface area contributed by atoms with Gasteiger partial charge >= 0.3 is 0 Å². The second-order valence-corrected chi connectivity index (χ2v) is 7.41. The third kappa shape index (κ3) is 4.87. The van der Waals surface area contributed by atoms with Crippen LogP contribution in [0.3, 0.4) is 0 Å². The molecule has 0 unspecified atom stereocenters. The highest BCUT2D eigenvalue weighted by Gasteiger charge is 2.26. The van der Waals surface area contributed by atoms with Crippen LogP contribution in [0.1, 0.15) is 10.4 Å². The summed E-state index contributed by atoms with van der Waals surface area (Å²) < 4.78 is 18.6. The molecule has 1 heterocycles. The molecule has 2 amide bonds. The molecular formula is C19H16Cl3FN2O3. The van der Waals surface area contributed by atoms with Crippen molar-refractivity contribution in [3.63, 3.8) is 0 Å². The first-order chi connectivity index (χ1) is 13.3. The summed E-state index contributed by atoms with van der Waals surface area (Å²) >= 11 is 17.9. The molecule has 28 heavy (non-hydrogen) atoms. The van der Waals surface area contributed by atoms with Crippen LogP contribution < -0.4 is 4.74 Å². The number of hydrogen-bond acceptors (Lipinski definition) is 3. The first-order valence-electron chi connectivity index (χ1n) is 8.45. The third-order valence-electron chi connectivity index (χ3n) is 4.33. The molecule has 0 radical (unpaired) electrons. The van der Waals surface area contributed by atoms with Crippen LogP contribution in [0.2, 0.25) is 15.1 Å². The van der Waals surface area contributed by atoms with Crippen molar-refractivity contribution in [3.8, 4) is 5.75 Å². The number of piperazine rings is 1. The first-order valence-corrected chi connectivity index (χ1v) is 9.58. The summed E-state index contributed by atoms with van der Waals surface area (Å²) in [5, 5.41) is 0.887. The molecule has 1 fully saturated rings. The van der Waals surface area contributed by atoms with Gasteiger partial charge in [-0.3, -0.25) is 9.59 Å². The van der Waals surface area contributed by atoms with Crippen LogP contribution in [0.25, 0.3) is 0 Å². The number of halogens is 4. The van der Waals surface area contributed by atoms with E-state index in [0.29, 0.717) is 42.0 Å². The van der Waals surface area contributed by atoms with Crippen LogP contribution >= 0.6 is 34.8 Å². The maximum Gasteiger partial charge on any atom is 0.260 e. The molecule has 0 N–H and O–H groups in total. The van der Waals surface area contributed by atoms with Gasteiger partial charge in [0.1, 0.15) is 11.6 Å². The molecule has 0 atom stereocenters. The van der Waals surface area contributed by atoms with Crippen molar-refractivity contribution in [2.75, 3.05) is 32.8 Å². The van der Waals surface area contributed by atoms with E-state index >= 15 is 0 Å². The van der Waals surface area contributed by atoms with Crippen LogP contribution in [-0.2, 0) is 4.79 Å². The molecule has 0 bridgehead atoms. The van der Waals surface area contributed by atoms with Crippen LogP contribution in [-0.4, -0.2) is 54.4 Å². The molecule has 3 rings (SSSR count). The van der Waals surface area contributed by atoms with Gasteiger partial charge in [-0.1, -0.05) is 34.8 Å². The molecule has 0 spiro atoms. The van der Waals surface area contributed by atoms with Gasteiger partial charge in [0.25, 0.3) is 11.8 Å². The minimum Gasteiger partial charge on any atom is -0.482 e. The minimum atomic E-state index is -0.503. The van der Waals surface area contributed by atoms with Crippen LogP contribution in [0.4, 0.5) is 4.39 Å². The second-order valence-electron chi connectivity index (χ2n) is 6.16. The van der Waals surface area contributed by atoms with Gasteiger partial charge in [-0.25, -0.2) is 4.39 Å². The first kappa shape index (κ1) is 20.7. The normalized spacial score (nSPS) is 14.1. The Hall–Kier alpha value is -2.02. The Morgan fingerprint density at radius 1 is 0.929 bits per heavy atom. The molecule has 0 saturated carbocycles. The van der Waals surface area contributed by atoms with Gasteiger partial charge in [0.05, 0.1) is 15.6 Å². The average molecular weight is 446 g/mol. The Kier molecular flexibility index (Phi) is 6.65. The van der Waals surface area contributed by atoms with Crippen molar-refractivity contribution in [1.82, 2.24) is 9.80 Å². The number of rotatable bonds is 4. The summed E-state index contributed by atoms with van der Waals surface area (Å²) in [7, 11) is 0. The molecule has 1 aliphatic rings. The lowest BCUT2D eigenvalue weighted by Gasteiger charge is -2.34. The highest BCUT2D eigenvalue weighted by Crippen LogP contribution is 2.27. The third-order valence-corrected chi connectivity index (χ3v) is 5.19. The fourth-order valence-corrected chi connectivity index (χ4v) is 3.39. The van der Waals surface area contributed by atoms with Crippen molar-refractivity contribution in [2.45, 2.75) is 0 Å². The quantitative estimate of drug-likeness (QED) is 0.710. The Labute approximate surface area is 176 Å². The highest BCUT2D eigenvalue weighted by molar-refractivity contribution is 6.34. The predicted octanol–water partition coefficient (Wildman–Crippen LogP) is 4.15. The van der Waals surface area contributed by atoms with Crippen molar-refractivity contribution in [2.24, 2.45) is 0 Å². The number of carbonyl (C=O) groups is 2. The molecule has 9 heteroatoms. The molecule has 148 valence electrons. The van der Waals surface area contributed by atoms with Gasteiger partial charge in [-0.05, 0) is 30.3 Å². The standard InChI is InChI=1S/C19H16Cl3FN2O3/c20-12-1-4-15(21)17(9-12)28-11-18(26)24-5-7-25(8-6-24)19(27)14-3-2-13(23)10-16(14)22/h1-4,9-10H,5-8,11H2. The van der Waals surface area contributed by atoms with E-state index in [4.69, 9.17) is 39.5 Å². The molecule has 5 nitrogen and oxygen atoms in total. The number of ether oxygens (including phenoxy) is 1. The Morgan fingerprint density at radius 3 is 2.29 bits per heavy atom. The number of benzene rings is 2. The zero-order chi connectivity index (χ0) is 20.3. The molecule has 2 aromatic carbocycles.